The minimum absolute atomic E-state index is 0.0557. The molecule has 88 valence electrons. The summed E-state index contributed by atoms with van der Waals surface area (Å²) < 4.78 is 11.6. The maximum absolute atomic E-state index is 5.96. The molecule has 1 rings (SSSR count). The van der Waals surface area contributed by atoms with Crippen LogP contribution in [0.2, 0.25) is 0 Å². The van der Waals surface area contributed by atoms with Crippen LogP contribution in [-0.4, -0.2) is 19.0 Å². The van der Waals surface area contributed by atoms with E-state index < -0.39 is 0 Å². The Hall–Kier alpha value is -0.340. The van der Waals surface area contributed by atoms with Crippen LogP contribution in [0.15, 0.2) is 12.7 Å². The van der Waals surface area contributed by atoms with Gasteiger partial charge in [0.05, 0.1) is 6.10 Å². The molecule has 0 spiro atoms. The smallest absolute Gasteiger partial charge is 0.157 e. The van der Waals surface area contributed by atoms with E-state index in [0.29, 0.717) is 6.10 Å². The third-order valence-electron chi connectivity index (χ3n) is 2.79. The van der Waals surface area contributed by atoms with Crippen LogP contribution in [0.3, 0.4) is 0 Å². The van der Waals surface area contributed by atoms with Gasteiger partial charge in [0.15, 0.2) is 6.29 Å². The lowest BCUT2D eigenvalue weighted by Gasteiger charge is -2.27. The maximum Gasteiger partial charge on any atom is 0.157 e. The average Bonchev–Trinajstić information content (AvgIpc) is 2.28. The molecule has 0 bridgehead atoms. The van der Waals surface area contributed by atoms with Gasteiger partial charge in [-0.1, -0.05) is 19.4 Å². The molecule has 1 unspecified atom stereocenters. The van der Waals surface area contributed by atoms with Crippen molar-refractivity contribution in [1.82, 2.24) is 0 Å². The second-order valence-electron chi connectivity index (χ2n) is 4.21. The van der Waals surface area contributed by atoms with Crippen LogP contribution in [0.1, 0.15) is 51.9 Å². The monoisotopic (exact) mass is 212 g/mol. The number of rotatable bonds is 7. The van der Waals surface area contributed by atoms with Crippen molar-refractivity contribution in [1.29, 1.82) is 0 Å². The highest BCUT2D eigenvalue weighted by molar-refractivity contribution is 4.70. The number of hydrogen-bond acceptors (Lipinski definition) is 2. The minimum atomic E-state index is 0.0557. The van der Waals surface area contributed by atoms with Crippen molar-refractivity contribution in [2.75, 3.05) is 6.61 Å². The van der Waals surface area contributed by atoms with Crippen LogP contribution < -0.4 is 0 Å². The first-order chi connectivity index (χ1) is 7.36. The van der Waals surface area contributed by atoms with E-state index in [1.54, 1.807) is 0 Å². The fraction of sp³-hybridized carbons (Fsp3) is 0.846. The maximum atomic E-state index is 5.96. The predicted molar refractivity (Wildman–Crippen MR) is 62.8 cm³/mol. The van der Waals surface area contributed by atoms with Crippen LogP contribution in [0.4, 0.5) is 0 Å². The largest absolute Gasteiger partial charge is 0.353 e. The minimum Gasteiger partial charge on any atom is -0.353 e. The summed E-state index contributed by atoms with van der Waals surface area (Å²) in [6.07, 6.45) is 10.3. The second-order valence-corrected chi connectivity index (χ2v) is 4.21. The highest BCUT2D eigenvalue weighted by atomic mass is 16.7. The molecule has 1 heterocycles. The predicted octanol–water partition coefficient (Wildman–Crippen LogP) is 3.66. The Balaban J connectivity index is 2.24. The topological polar surface area (TPSA) is 18.5 Å². The zero-order chi connectivity index (χ0) is 10.9. The van der Waals surface area contributed by atoms with Crippen LogP contribution in [-0.2, 0) is 9.47 Å². The van der Waals surface area contributed by atoms with Gasteiger partial charge in [0.1, 0.15) is 0 Å². The van der Waals surface area contributed by atoms with Crippen molar-refractivity contribution in [3.05, 3.63) is 12.7 Å². The third-order valence-corrected chi connectivity index (χ3v) is 2.79. The molecule has 0 aromatic heterocycles. The van der Waals surface area contributed by atoms with Crippen molar-refractivity contribution in [3.8, 4) is 0 Å². The lowest BCUT2D eigenvalue weighted by molar-refractivity contribution is -0.190. The molecule has 0 aromatic rings. The van der Waals surface area contributed by atoms with E-state index in [2.05, 4.69) is 13.5 Å². The summed E-state index contributed by atoms with van der Waals surface area (Å²) >= 11 is 0. The van der Waals surface area contributed by atoms with Gasteiger partial charge in [0.2, 0.25) is 0 Å². The molecule has 0 aliphatic carbocycles. The molecule has 2 atom stereocenters. The summed E-state index contributed by atoms with van der Waals surface area (Å²) in [5, 5.41) is 0. The van der Waals surface area contributed by atoms with E-state index in [1.165, 1.54) is 19.3 Å². The Morgan fingerprint density at radius 2 is 2.33 bits per heavy atom. The summed E-state index contributed by atoms with van der Waals surface area (Å²) in [6.45, 7) is 6.82. The molecule has 0 radical (unpaired) electrons. The fourth-order valence-corrected chi connectivity index (χ4v) is 1.94. The van der Waals surface area contributed by atoms with Gasteiger partial charge in [-0.3, -0.25) is 0 Å². The third kappa shape index (κ3) is 5.33. The summed E-state index contributed by atoms with van der Waals surface area (Å²) in [4.78, 5) is 0. The van der Waals surface area contributed by atoms with Crippen molar-refractivity contribution in [3.63, 3.8) is 0 Å². The molecule has 1 fully saturated rings. The Bertz CT molecular complexity index is 162. The van der Waals surface area contributed by atoms with Gasteiger partial charge >= 0.3 is 0 Å². The van der Waals surface area contributed by atoms with Gasteiger partial charge in [-0.25, -0.2) is 0 Å². The van der Waals surface area contributed by atoms with Gasteiger partial charge < -0.3 is 9.47 Å². The molecule has 2 nitrogen and oxygen atoms in total. The fourth-order valence-electron chi connectivity index (χ4n) is 1.94. The Morgan fingerprint density at radius 3 is 2.93 bits per heavy atom. The Labute approximate surface area is 93.7 Å². The quantitative estimate of drug-likeness (QED) is 0.599. The highest BCUT2D eigenvalue weighted by Crippen LogP contribution is 2.19. The molecule has 0 aromatic carbocycles. The normalized spacial score (nSPS) is 23.7. The zero-order valence-corrected chi connectivity index (χ0v) is 9.91. The average molecular weight is 212 g/mol. The lowest BCUT2D eigenvalue weighted by Crippen LogP contribution is -2.27. The van der Waals surface area contributed by atoms with E-state index >= 15 is 0 Å². The molecular weight excluding hydrogens is 188 g/mol. The molecule has 15 heavy (non-hydrogen) atoms. The SMILES string of the molecule is C=CCC[C@H](CCC)OC1CCCCO1. The molecule has 1 saturated heterocycles. The first-order valence-electron chi connectivity index (χ1n) is 6.24. The summed E-state index contributed by atoms with van der Waals surface area (Å²) in [7, 11) is 0. The van der Waals surface area contributed by atoms with E-state index in [1.807, 2.05) is 6.08 Å². The lowest BCUT2D eigenvalue weighted by atomic mass is 10.1. The molecule has 0 saturated carbocycles. The second kappa shape index (κ2) is 7.89. The molecular formula is C13H24O2. The van der Waals surface area contributed by atoms with E-state index in [9.17, 15) is 0 Å². The van der Waals surface area contributed by atoms with Gasteiger partial charge in [-0.05, 0) is 38.5 Å². The van der Waals surface area contributed by atoms with Crippen molar-refractivity contribution >= 4 is 0 Å². The first-order valence-corrected chi connectivity index (χ1v) is 6.24. The number of hydrogen-bond donors (Lipinski definition) is 0. The van der Waals surface area contributed by atoms with E-state index in [0.717, 1.165) is 32.3 Å². The summed E-state index contributed by atoms with van der Waals surface area (Å²) in [5.41, 5.74) is 0. The Kier molecular flexibility index (Phi) is 6.69. The van der Waals surface area contributed by atoms with E-state index in [4.69, 9.17) is 9.47 Å². The summed E-state index contributed by atoms with van der Waals surface area (Å²) in [5.74, 6) is 0. The molecule has 0 N–H and O–H groups in total. The van der Waals surface area contributed by atoms with Crippen LogP contribution in [0, 0.1) is 0 Å². The molecule has 1 aliphatic rings. The zero-order valence-electron chi connectivity index (χ0n) is 9.91. The van der Waals surface area contributed by atoms with Gasteiger partial charge in [-0.15, -0.1) is 6.58 Å². The highest BCUT2D eigenvalue weighted by Gasteiger charge is 2.18. The first kappa shape index (κ1) is 12.7. The molecule has 0 amide bonds. The van der Waals surface area contributed by atoms with Crippen molar-refractivity contribution < 1.29 is 9.47 Å². The van der Waals surface area contributed by atoms with Crippen LogP contribution >= 0.6 is 0 Å². The van der Waals surface area contributed by atoms with Gasteiger partial charge in [0, 0.05) is 6.61 Å². The summed E-state index contributed by atoms with van der Waals surface area (Å²) in [6, 6.07) is 0. The number of allylic oxidation sites excluding steroid dienone is 1. The van der Waals surface area contributed by atoms with Crippen molar-refractivity contribution in [2.45, 2.75) is 64.3 Å². The number of ether oxygens (including phenoxy) is 2. The van der Waals surface area contributed by atoms with Crippen LogP contribution in [0.25, 0.3) is 0 Å². The molecule has 1 aliphatic heterocycles. The van der Waals surface area contributed by atoms with E-state index in [-0.39, 0.29) is 6.29 Å². The standard InChI is InChI=1S/C13H24O2/c1-3-5-9-12(8-4-2)15-13-10-6-7-11-14-13/h3,12-13H,1,4-11H2,2H3/t12-,13?/m0/s1. The van der Waals surface area contributed by atoms with Crippen molar-refractivity contribution in [2.24, 2.45) is 0 Å². The van der Waals surface area contributed by atoms with Gasteiger partial charge in [0.25, 0.3) is 0 Å². The van der Waals surface area contributed by atoms with Crippen LogP contribution in [0.5, 0.6) is 0 Å². The Morgan fingerprint density at radius 1 is 1.47 bits per heavy atom. The molecule has 2 heteroatoms. The van der Waals surface area contributed by atoms with Gasteiger partial charge in [-0.2, -0.15) is 0 Å².